The van der Waals surface area contributed by atoms with Gasteiger partial charge in [-0.2, -0.15) is 0 Å². The van der Waals surface area contributed by atoms with Gasteiger partial charge >= 0.3 is 0 Å². The molecule has 1 aliphatic rings. The Balaban J connectivity index is 2.59. The van der Waals surface area contributed by atoms with Gasteiger partial charge in [0, 0.05) is 26.1 Å². The van der Waals surface area contributed by atoms with Crippen LogP contribution >= 0.6 is 0 Å². The van der Waals surface area contributed by atoms with Crippen molar-refractivity contribution >= 4 is 10.1 Å². The minimum absolute atomic E-state index is 0.217. The van der Waals surface area contributed by atoms with E-state index in [1.807, 2.05) is 0 Å². The fourth-order valence-electron chi connectivity index (χ4n) is 1.22. The van der Waals surface area contributed by atoms with Crippen LogP contribution in [0.25, 0.3) is 0 Å². The first-order valence-electron chi connectivity index (χ1n) is 3.65. The Labute approximate surface area is 71.1 Å². The predicted molar refractivity (Wildman–Crippen MR) is 39.6 cm³/mol. The summed E-state index contributed by atoms with van der Waals surface area (Å²) in [5.41, 5.74) is -1.36. The molecule has 1 heterocycles. The van der Waals surface area contributed by atoms with Gasteiger partial charge in [-0.15, -0.1) is 0 Å². The van der Waals surface area contributed by atoms with Crippen LogP contribution in [0.1, 0.15) is 12.8 Å². The van der Waals surface area contributed by atoms with Gasteiger partial charge in [0.1, 0.15) is 0 Å². The monoisotopic (exact) mass is 195 g/mol. The van der Waals surface area contributed by atoms with Crippen LogP contribution in [-0.2, 0) is 14.9 Å². The molecule has 0 spiro atoms. The van der Waals surface area contributed by atoms with Crippen LogP contribution in [0.4, 0.5) is 0 Å². The molecule has 12 heavy (non-hydrogen) atoms. The van der Waals surface area contributed by atoms with Gasteiger partial charge in [-0.25, -0.2) is 8.42 Å². The summed E-state index contributed by atoms with van der Waals surface area (Å²) in [5.74, 6) is -0.705. The van der Waals surface area contributed by atoms with E-state index in [0.717, 1.165) is 0 Å². The zero-order valence-electron chi connectivity index (χ0n) is 6.52. The van der Waals surface area contributed by atoms with Crippen LogP contribution in [0, 0.1) is 0 Å². The van der Waals surface area contributed by atoms with Crippen LogP contribution < -0.4 is 0 Å². The summed E-state index contributed by atoms with van der Waals surface area (Å²) in [6, 6.07) is 0. The van der Waals surface area contributed by atoms with Gasteiger partial charge in [0.25, 0.3) is 0 Å². The second kappa shape index (κ2) is 3.29. The molecule has 1 fully saturated rings. The molecule has 0 aromatic carbocycles. The van der Waals surface area contributed by atoms with E-state index in [-0.39, 0.29) is 12.8 Å². The van der Waals surface area contributed by atoms with Gasteiger partial charge in [-0.3, -0.25) is 0 Å². The largest absolute Gasteiger partial charge is 0.748 e. The standard InChI is InChI=1S/C6H12O5S/c7-6(5-12(8,9)10)1-3-11-4-2-6/h7H,1-5H2,(H,8,9,10)/p-1. The summed E-state index contributed by atoms with van der Waals surface area (Å²) in [6.45, 7) is 0.623. The third-order valence-corrected chi connectivity index (χ3v) is 2.76. The van der Waals surface area contributed by atoms with Crippen LogP contribution in [0.3, 0.4) is 0 Å². The van der Waals surface area contributed by atoms with E-state index in [1.54, 1.807) is 0 Å². The fourth-order valence-corrected chi connectivity index (χ4v) is 2.17. The van der Waals surface area contributed by atoms with Gasteiger partial charge < -0.3 is 14.4 Å². The van der Waals surface area contributed by atoms with E-state index in [1.165, 1.54) is 0 Å². The summed E-state index contributed by atoms with van der Waals surface area (Å²) in [4.78, 5) is 0. The Morgan fingerprint density at radius 1 is 1.42 bits per heavy atom. The van der Waals surface area contributed by atoms with Crippen molar-refractivity contribution in [1.82, 2.24) is 0 Å². The first-order valence-corrected chi connectivity index (χ1v) is 5.23. The third-order valence-electron chi connectivity index (χ3n) is 1.87. The van der Waals surface area contributed by atoms with Crippen LogP contribution in [0.15, 0.2) is 0 Å². The lowest BCUT2D eigenvalue weighted by Gasteiger charge is -2.32. The van der Waals surface area contributed by atoms with Crippen molar-refractivity contribution in [2.45, 2.75) is 18.4 Å². The summed E-state index contributed by atoms with van der Waals surface area (Å²) >= 11 is 0. The lowest BCUT2D eigenvalue weighted by Crippen LogP contribution is -2.42. The first kappa shape index (κ1) is 9.91. The number of ether oxygens (including phenoxy) is 1. The molecule has 0 bridgehead atoms. The zero-order chi connectivity index (χ0) is 9.24. The molecule has 6 heteroatoms. The number of hydrogen-bond acceptors (Lipinski definition) is 5. The quantitative estimate of drug-likeness (QED) is 0.575. The Hall–Kier alpha value is -0.170. The second-order valence-corrected chi connectivity index (χ2v) is 4.44. The maximum Gasteiger partial charge on any atom is 0.0974 e. The highest BCUT2D eigenvalue weighted by Gasteiger charge is 2.31. The van der Waals surface area contributed by atoms with Crippen molar-refractivity contribution in [3.8, 4) is 0 Å². The average molecular weight is 195 g/mol. The normalized spacial score (nSPS) is 23.8. The lowest BCUT2D eigenvalue weighted by atomic mass is 9.97. The molecule has 5 nitrogen and oxygen atoms in total. The Kier molecular flexibility index (Phi) is 2.72. The molecule has 0 aromatic heterocycles. The minimum Gasteiger partial charge on any atom is -0.748 e. The van der Waals surface area contributed by atoms with Crippen molar-refractivity contribution in [3.05, 3.63) is 0 Å². The van der Waals surface area contributed by atoms with E-state index >= 15 is 0 Å². The molecule has 1 rings (SSSR count). The predicted octanol–water partition coefficient (Wildman–Crippen LogP) is -0.927. The molecule has 0 saturated carbocycles. The van der Waals surface area contributed by atoms with Crippen molar-refractivity contribution in [2.75, 3.05) is 19.0 Å². The van der Waals surface area contributed by atoms with Crippen molar-refractivity contribution < 1.29 is 22.8 Å². The highest BCUT2D eigenvalue weighted by Crippen LogP contribution is 2.21. The Morgan fingerprint density at radius 2 is 1.92 bits per heavy atom. The lowest BCUT2D eigenvalue weighted by molar-refractivity contribution is -0.0492. The molecule has 0 aliphatic carbocycles. The fraction of sp³-hybridized carbons (Fsp3) is 1.00. The van der Waals surface area contributed by atoms with Gasteiger partial charge in [0.2, 0.25) is 0 Å². The van der Waals surface area contributed by atoms with Crippen molar-refractivity contribution in [3.63, 3.8) is 0 Å². The molecule has 1 saturated heterocycles. The first-order chi connectivity index (χ1) is 5.41. The van der Waals surface area contributed by atoms with E-state index < -0.39 is 21.5 Å². The molecule has 0 radical (unpaired) electrons. The average Bonchev–Trinajstić information content (AvgIpc) is 1.83. The summed E-state index contributed by atoms with van der Waals surface area (Å²) in [5, 5.41) is 9.55. The smallest absolute Gasteiger partial charge is 0.0974 e. The molecule has 0 unspecified atom stereocenters. The van der Waals surface area contributed by atoms with Gasteiger partial charge in [0.05, 0.1) is 21.5 Å². The molecule has 0 amide bonds. The SMILES string of the molecule is O=S(=O)([O-])CC1(O)CCOCC1. The number of rotatable bonds is 2. The minimum atomic E-state index is -4.34. The molecule has 72 valence electrons. The molecular formula is C6H11O5S-. The topological polar surface area (TPSA) is 86.7 Å². The second-order valence-electron chi connectivity index (χ2n) is 3.04. The van der Waals surface area contributed by atoms with Gasteiger partial charge in [-0.1, -0.05) is 0 Å². The van der Waals surface area contributed by atoms with Gasteiger partial charge in [0.15, 0.2) is 0 Å². The maximum atomic E-state index is 10.3. The van der Waals surface area contributed by atoms with Crippen LogP contribution in [0.5, 0.6) is 0 Å². The molecule has 0 aromatic rings. The Morgan fingerprint density at radius 3 is 2.33 bits per heavy atom. The van der Waals surface area contributed by atoms with Crippen molar-refractivity contribution in [1.29, 1.82) is 0 Å². The summed E-state index contributed by atoms with van der Waals surface area (Å²) in [6.07, 6.45) is 0.433. The van der Waals surface area contributed by atoms with E-state index in [0.29, 0.717) is 13.2 Å². The van der Waals surface area contributed by atoms with Crippen LogP contribution in [0.2, 0.25) is 0 Å². The summed E-state index contributed by atoms with van der Waals surface area (Å²) in [7, 11) is -4.34. The molecule has 0 atom stereocenters. The molecule has 1 aliphatic heterocycles. The molecular weight excluding hydrogens is 184 g/mol. The highest BCUT2D eigenvalue weighted by molar-refractivity contribution is 7.85. The maximum absolute atomic E-state index is 10.3. The van der Waals surface area contributed by atoms with Gasteiger partial charge in [-0.05, 0) is 0 Å². The number of aliphatic hydroxyl groups is 1. The highest BCUT2D eigenvalue weighted by atomic mass is 32.2. The zero-order valence-corrected chi connectivity index (χ0v) is 7.34. The van der Waals surface area contributed by atoms with E-state index in [2.05, 4.69) is 0 Å². The van der Waals surface area contributed by atoms with E-state index in [9.17, 15) is 18.1 Å². The Bertz CT molecular complexity index is 239. The van der Waals surface area contributed by atoms with Crippen molar-refractivity contribution in [2.24, 2.45) is 0 Å². The number of hydrogen-bond donors (Lipinski definition) is 1. The summed E-state index contributed by atoms with van der Waals surface area (Å²) < 4.78 is 36.0. The van der Waals surface area contributed by atoms with Crippen LogP contribution in [-0.4, -0.2) is 42.6 Å². The van der Waals surface area contributed by atoms with E-state index in [4.69, 9.17) is 4.74 Å². The third kappa shape index (κ3) is 3.06. The molecule has 1 N–H and O–H groups in total.